The van der Waals surface area contributed by atoms with Crippen LogP contribution in [-0.4, -0.2) is 19.2 Å². The Morgan fingerprint density at radius 3 is 2.38 bits per heavy atom. The summed E-state index contributed by atoms with van der Waals surface area (Å²) < 4.78 is 25.4. The lowest BCUT2D eigenvalue weighted by atomic mass is 10.2. The predicted molar refractivity (Wildman–Crippen MR) is 70.0 cm³/mol. The first kappa shape index (κ1) is 12.9. The first-order chi connectivity index (χ1) is 7.43. The third-order valence-electron chi connectivity index (χ3n) is 1.97. The maximum absolute atomic E-state index is 11.5. The summed E-state index contributed by atoms with van der Waals surface area (Å²) >= 11 is 4.56. The Morgan fingerprint density at radius 1 is 1.38 bits per heavy atom. The van der Waals surface area contributed by atoms with Gasteiger partial charge in [0.05, 0.1) is 4.99 Å². The lowest BCUT2D eigenvalue weighted by Gasteiger charge is -2.07. The van der Waals surface area contributed by atoms with Crippen molar-refractivity contribution in [2.24, 2.45) is 5.73 Å². The third kappa shape index (κ3) is 4.16. The lowest BCUT2D eigenvalue weighted by Crippen LogP contribution is -2.26. The van der Waals surface area contributed by atoms with E-state index in [4.69, 9.17) is 5.73 Å². The lowest BCUT2D eigenvalue weighted by molar-refractivity contribution is 0.605. The smallest absolute Gasteiger partial charge is 0.239 e. The topological polar surface area (TPSA) is 72.2 Å². The van der Waals surface area contributed by atoms with Gasteiger partial charge in [-0.1, -0.05) is 31.3 Å². The fourth-order valence-corrected chi connectivity index (χ4v) is 2.62. The third-order valence-corrected chi connectivity index (χ3v) is 3.53. The summed E-state index contributed by atoms with van der Waals surface area (Å²) in [5.41, 5.74) is 6.86. The van der Waals surface area contributed by atoms with Crippen LogP contribution in [0.1, 0.15) is 12.5 Å². The fourth-order valence-electron chi connectivity index (χ4n) is 1.21. The molecule has 16 heavy (non-hydrogen) atoms. The van der Waals surface area contributed by atoms with Gasteiger partial charge in [-0.2, -0.15) is 0 Å². The van der Waals surface area contributed by atoms with Crippen molar-refractivity contribution < 1.29 is 8.42 Å². The number of aryl methyl sites for hydroxylation is 1. The van der Waals surface area contributed by atoms with Crippen molar-refractivity contribution in [3.8, 4) is 0 Å². The van der Waals surface area contributed by atoms with Crippen LogP contribution in [0.5, 0.6) is 0 Å². The normalized spacial score (nSPS) is 11.1. The van der Waals surface area contributed by atoms with Gasteiger partial charge in [-0.05, 0) is 24.1 Å². The van der Waals surface area contributed by atoms with Crippen LogP contribution in [-0.2, 0) is 16.4 Å². The van der Waals surface area contributed by atoms with Crippen molar-refractivity contribution in [1.29, 1.82) is 0 Å². The van der Waals surface area contributed by atoms with Crippen LogP contribution in [0, 0.1) is 0 Å². The molecule has 0 radical (unpaired) electrons. The van der Waals surface area contributed by atoms with Crippen molar-refractivity contribution in [2.75, 3.05) is 10.5 Å². The average Bonchev–Trinajstić information content (AvgIpc) is 2.16. The number of anilines is 1. The minimum atomic E-state index is -3.47. The molecule has 1 rings (SSSR count). The second-order valence-corrected chi connectivity index (χ2v) is 5.62. The minimum Gasteiger partial charge on any atom is -0.392 e. The molecule has 0 atom stereocenters. The van der Waals surface area contributed by atoms with Crippen LogP contribution >= 0.6 is 12.2 Å². The van der Waals surface area contributed by atoms with Gasteiger partial charge in [0.15, 0.2) is 0 Å². The molecule has 6 heteroatoms. The highest BCUT2D eigenvalue weighted by atomic mass is 32.2. The zero-order valence-corrected chi connectivity index (χ0v) is 10.6. The molecular formula is C10H14N2O2S2. The molecule has 3 N–H and O–H groups in total. The molecule has 0 unspecified atom stereocenters. The van der Waals surface area contributed by atoms with Gasteiger partial charge in [0, 0.05) is 5.69 Å². The monoisotopic (exact) mass is 258 g/mol. The van der Waals surface area contributed by atoms with Crippen LogP contribution in [0.15, 0.2) is 24.3 Å². The fraction of sp³-hybridized carbons (Fsp3) is 0.300. The summed E-state index contributed by atoms with van der Waals surface area (Å²) in [6.07, 6.45) is 0.917. The van der Waals surface area contributed by atoms with E-state index >= 15 is 0 Å². The standard InChI is InChI=1S/C10H14N2O2S2/c1-2-8-3-5-9(6-4-8)12-16(13,14)7-10(11)15/h3-6,12H,2,7H2,1H3,(H2,11,15). The summed E-state index contributed by atoms with van der Waals surface area (Å²) in [5, 5.41) is 0. The molecular weight excluding hydrogens is 244 g/mol. The van der Waals surface area contributed by atoms with Crippen LogP contribution in [0.4, 0.5) is 5.69 Å². The Balaban J connectivity index is 2.76. The van der Waals surface area contributed by atoms with Crippen molar-refractivity contribution in [3.63, 3.8) is 0 Å². The summed E-state index contributed by atoms with van der Waals surface area (Å²) in [4.78, 5) is -0.0438. The van der Waals surface area contributed by atoms with E-state index in [-0.39, 0.29) is 10.7 Å². The van der Waals surface area contributed by atoms with Gasteiger partial charge < -0.3 is 5.73 Å². The molecule has 0 spiro atoms. The number of sulfonamides is 1. The van der Waals surface area contributed by atoms with Gasteiger partial charge >= 0.3 is 0 Å². The van der Waals surface area contributed by atoms with Crippen LogP contribution < -0.4 is 10.5 Å². The molecule has 0 bridgehead atoms. The molecule has 0 amide bonds. The Bertz CT molecular complexity index is 466. The molecule has 0 heterocycles. The van der Waals surface area contributed by atoms with Crippen LogP contribution in [0.3, 0.4) is 0 Å². The molecule has 0 saturated heterocycles. The van der Waals surface area contributed by atoms with Gasteiger partial charge in [0.1, 0.15) is 5.75 Å². The Kier molecular flexibility index (Phi) is 4.26. The van der Waals surface area contributed by atoms with E-state index in [1.54, 1.807) is 12.1 Å². The van der Waals surface area contributed by atoms with Gasteiger partial charge in [-0.15, -0.1) is 0 Å². The quantitative estimate of drug-likeness (QED) is 0.780. The van der Waals surface area contributed by atoms with Gasteiger partial charge in [0.2, 0.25) is 10.0 Å². The molecule has 4 nitrogen and oxygen atoms in total. The van der Waals surface area contributed by atoms with Crippen molar-refractivity contribution >= 4 is 32.9 Å². The van der Waals surface area contributed by atoms with E-state index in [2.05, 4.69) is 16.9 Å². The SMILES string of the molecule is CCc1ccc(NS(=O)(=O)CC(N)=S)cc1. The Labute approximate surface area is 101 Å². The molecule has 1 aromatic carbocycles. The van der Waals surface area contributed by atoms with Crippen LogP contribution in [0.25, 0.3) is 0 Å². The highest BCUT2D eigenvalue weighted by Gasteiger charge is 2.11. The van der Waals surface area contributed by atoms with E-state index in [0.29, 0.717) is 5.69 Å². The molecule has 0 aromatic heterocycles. The van der Waals surface area contributed by atoms with Gasteiger partial charge in [0.25, 0.3) is 0 Å². The molecule has 0 saturated carbocycles. The molecule has 0 aliphatic carbocycles. The first-order valence-corrected chi connectivity index (χ1v) is 6.87. The van der Waals surface area contributed by atoms with E-state index in [1.807, 2.05) is 19.1 Å². The second-order valence-electron chi connectivity index (χ2n) is 3.38. The zero-order chi connectivity index (χ0) is 12.2. The van der Waals surface area contributed by atoms with Crippen molar-refractivity contribution in [1.82, 2.24) is 0 Å². The van der Waals surface area contributed by atoms with Crippen molar-refractivity contribution in [2.45, 2.75) is 13.3 Å². The molecule has 1 aromatic rings. The number of hydrogen-bond donors (Lipinski definition) is 2. The van der Waals surface area contributed by atoms with Crippen LogP contribution in [0.2, 0.25) is 0 Å². The largest absolute Gasteiger partial charge is 0.392 e. The van der Waals surface area contributed by atoms with Crippen molar-refractivity contribution in [3.05, 3.63) is 29.8 Å². The molecule has 0 aliphatic rings. The summed E-state index contributed by atoms with van der Waals surface area (Å²) in [6, 6.07) is 7.18. The molecule has 88 valence electrons. The number of benzene rings is 1. The molecule has 0 fully saturated rings. The maximum Gasteiger partial charge on any atom is 0.239 e. The predicted octanol–water partition coefficient (Wildman–Crippen LogP) is 1.28. The molecule has 0 aliphatic heterocycles. The van der Waals surface area contributed by atoms with E-state index in [9.17, 15) is 8.42 Å². The highest BCUT2D eigenvalue weighted by molar-refractivity contribution is 7.95. The average molecular weight is 258 g/mol. The first-order valence-electron chi connectivity index (χ1n) is 4.80. The number of thiocarbonyl (C=S) groups is 1. The van der Waals surface area contributed by atoms with Gasteiger partial charge in [-0.25, -0.2) is 8.42 Å². The number of rotatable bonds is 5. The minimum absolute atomic E-state index is 0.0438. The van der Waals surface area contributed by atoms with Gasteiger partial charge in [-0.3, -0.25) is 4.72 Å². The van der Waals surface area contributed by atoms with E-state index < -0.39 is 10.0 Å². The number of hydrogen-bond acceptors (Lipinski definition) is 3. The number of nitrogens with one attached hydrogen (secondary N) is 1. The zero-order valence-electron chi connectivity index (χ0n) is 8.93. The Hall–Kier alpha value is -1.14. The maximum atomic E-state index is 11.5. The van der Waals surface area contributed by atoms with E-state index in [0.717, 1.165) is 12.0 Å². The van der Waals surface area contributed by atoms with E-state index in [1.165, 1.54) is 0 Å². The summed E-state index contributed by atoms with van der Waals surface area (Å²) in [5.74, 6) is -0.335. The summed E-state index contributed by atoms with van der Waals surface area (Å²) in [6.45, 7) is 2.03. The second kappa shape index (κ2) is 5.27. The Morgan fingerprint density at radius 2 is 1.94 bits per heavy atom. The highest BCUT2D eigenvalue weighted by Crippen LogP contribution is 2.11. The summed E-state index contributed by atoms with van der Waals surface area (Å²) in [7, 11) is -3.47. The number of nitrogens with two attached hydrogens (primary N) is 1.